The summed E-state index contributed by atoms with van der Waals surface area (Å²) in [7, 11) is 0. The molecule has 0 saturated heterocycles. The summed E-state index contributed by atoms with van der Waals surface area (Å²) in [6.07, 6.45) is 21.0. The lowest BCUT2D eigenvalue weighted by Crippen LogP contribution is -2.29. The van der Waals surface area contributed by atoms with E-state index in [0.29, 0.717) is 12.2 Å². The topological polar surface area (TPSA) is 9.23 Å². The van der Waals surface area contributed by atoms with E-state index in [2.05, 4.69) is 19.1 Å². The van der Waals surface area contributed by atoms with E-state index >= 15 is 0 Å². The Hall–Kier alpha value is -1.38. The summed E-state index contributed by atoms with van der Waals surface area (Å²) in [5, 5.41) is 0. The fraction of sp³-hybridized carbons (Fsp3) is 0.733. The summed E-state index contributed by atoms with van der Waals surface area (Å²) in [5.74, 6) is 3.10. The smallest absolute Gasteiger partial charge is 0.200 e. The van der Waals surface area contributed by atoms with Gasteiger partial charge < -0.3 is 4.74 Å². The molecule has 0 bridgehead atoms. The lowest BCUT2D eigenvalue weighted by atomic mass is 9.64. The molecule has 1 nitrogen and oxygen atoms in total. The molecule has 33 heavy (non-hydrogen) atoms. The van der Waals surface area contributed by atoms with Gasteiger partial charge in [-0.15, -0.1) is 0 Å². The molecule has 3 aliphatic carbocycles. The molecule has 0 unspecified atom stereocenters. The Balaban J connectivity index is 1.24. The van der Waals surface area contributed by atoms with Crippen molar-refractivity contribution < 1.29 is 13.5 Å². The molecular formula is C30H44F2O. The molecule has 0 atom stereocenters. The van der Waals surface area contributed by atoms with Gasteiger partial charge in [0.15, 0.2) is 11.6 Å². The number of hydrogen-bond donors (Lipinski definition) is 0. The maximum absolute atomic E-state index is 14.8. The van der Waals surface area contributed by atoms with E-state index in [1.54, 1.807) is 12.1 Å². The molecule has 3 saturated carbocycles. The third kappa shape index (κ3) is 6.01. The van der Waals surface area contributed by atoms with E-state index in [4.69, 9.17) is 4.74 Å². The van der Waals surface area contributed by atoms with Crippen LogP contribution in [0.2, 0.25) is 0 Å². The molecular weight excluding hydrogens is 414 g/mol. The number of benzene rings is 1. The summed E-state index contributed by atoms with van der Waals surface area (Å²) < 4.78 is 34.6. The molecule has 3 heteroatoms. The van der Waals surface area contributed by atoms with Gasteiger partial charge in [0.1, 0.15) is 0 Å². The number of rotatable bonds is 7. The van der Waals surface area contributed by atoms with Gasteiger partial charge >= 0.3 is 0 Å². The van der Waals surface area contributed by atoms with Crippen molar-refractivity contribution >= 4 is 0 Å². The molecule has 184 valence electrons. The second-order valence-electron chi connectivity index (χ2n) is 11.1. The van der Waals surface area contributed by atoms with Crippen LogP contribution < -0.4 is 4.74 Å². The van der Waals surface area contributed by atoms with Crippen molar-refractivity contribution in [1.29, 1.82) is 0 Å². The van der Waals surface area contributed by atoms with Crippen molar-refractivity contribution in [2.45, 2.75) is 103 Å². The zero-order chi connectivity index (χ0) is 23.2. The molecule has 3 aliphatic rings. The Morgan fingerprint density at radius 2 is 1.27 bits per heavy atom. The summed E-state index contributed by atoms with van der Waals surface area (Å²) in [6.45, 7) is 4.53. The van der Waals surface area contributed by atoms with Gasteiger partial charge in [-0.2, -0.15) is 4.39 Å². The minimum absolute atomic E-state index is 0.0545. The van der Waals surface area contributed by atoms with Gasteiger partial charge in [0.05, 0.1) is 6.61 Å². The van der Waals surface area contributed by atoms with Crippen LogP contribution in [0.5, 0.6) is 5.75 Å². The van der Waals surface area contributed by atoms with E-state index in [-0.39, 0.29) is 11.7 Å². The highest BCUT2D eigenvalue weighted by Crippen LogP contribution is 2.47. The summed E-state index contributed by atoms with van der Waals surface area (Å²) in [6, 6.07) is 3.40. The van der Waals surface area contributed by atoms with Crippen LogP contribution in [0.25, 0.3) is 0 Å². The van der Waals surface area contributed by atoms with E-state index in [0.717, 1.165) is 48.9 Å². The van der Waals surface area contributed by atoms with Gasteiger partial charge in [-0.25, -0.2) is 4.39 Å². The lowest BCUT2D eigenvalue weighted by molar-refractivity contribution is 0.114. The zero-order valence-electron chi connectivity index (χ0n) is 20.8. The molecule has 0 aliphatic heterocycles. The van der Waals surface area contributed by atoms with Gasteiger partial charge in [-0.3, -0.25) is 0 Å². The number of allylic oxidation sites excluding steroid dienone is 2. The van der Waals surface area contributed by atoms with Crippen LogP contribution in [0.4, 0.5) is 8.78 Å². The molecule has 1 aromatic carbocycles. The molecule has 0 heterocycles. The molecule has 0 N–H and O–H groups in total. The summed E-state index contributed by atoms with van der Waals surface area (Å²) in [4.78, 5) is 0. The normalized spacial score (nSPS) is 33.3. The van der Waals surface area contributed by atoms with Crippen LogP contribution in [0, 0.1) is 41.2 Å². The third-order valence-electron chi connectivity index (χ3n) is 9.18. The summed E-state index contributed by atoms with van der Waals surface area (Å²) >= 11 is 0. The van der Waals surface area contributed by atoms with Crippen LogP contribution in [-0.2, 0) is 0 Å². The van der Waals surface area contributed by atoms with Gasteiger partial charge in [0.2, 0.25) is 5.82 Å². The highest BCUT2D eigenvalue weighted by molar-refractivity contribution is 5.33. The fourth-order valence-corrected chi connectivity index (χ4v) is 7.26. The number of ether oxygens (including phenoxy) is 1. The van der Waals surface area contributed by atoms with Crippen LogP contribution in [0.1, 0.15) is 109 Å². The zero-order valence-corrected chi connectivity index (χ0v) is 20.8. The first kappa shape index (κ1) is 24.7. The first-order valence-corrected chi connectivity index (χ1v) is 13.8. The average molecular weight is 459 g/mol. The average Bonchev–Trinajstić information content (AvgIpc) is 2.86. The highest BCUT2D eigenvalue weighted by atomic mass is 19.2. The molecule has 4 rings (SSSR count). The van der Waals surface area contributed by atoms with Crippen LogP contribution >= 0.6 is 0 Å². The predicted octanol–water partition coefficient (Wildman–Crippen LogP) is 9.22. The third-order valence-corrected chi connectivity index (χ3v) is 9.18. The second-order valence-corrected chi connectivity index (χ2v) is 11.1. The van der Waals surface area contributed by atoms with Gasteiger partial charge in [0.25, 0.3) is 0 Å². The maximum atomic E-state index is 14.8. The van der Waals surface area contributed by atoms with Crippen molar-refractivity contribution in [2.24, 2.45) is 29.6 Å². The quantitative estimate of drug-likeness (QED) is 0.370. The monoisotopic (exact) mass is 458 g/mol. The highest BCUT2D eigenvalue weighted by Gasteiger charge is 2.35. The minimum atomic E-state index is -0.804. The predicted molar refractivity (Wildman–Crippen MR) is 133 cm³/mol. The van der Waals surface area contributed by atoms with Crippen molar-refractivity contribution in [3.8, 4) is 5.75 Å². The van der Waals surface area contributed by atoms with Crippen molar-refractivity contribution in [3.63, 3.8) is 0 Å². The van der Waals surface area contributed by atoms with Crippen LogP contribution in [-0.4, -0.2) is 6.61 Å². The Labute approximate surface area is 200 Å². The Bertz CT molecular complexity index is 764. The van der Waals surface area contributed by atoms with E-state index in [9.17, 15) is 8.78 Å². The molecule has 3 fully saturated rings. The Kier molecular flexibility index (Phi) is 8.88. The fourth-order valence-electron chi connectivity index (χ4n) is 7.26. The Morgan fingerprint density at radius 3 is 1.79 bits per heavy atom. The van der Waals surface area contributed by atoms with Crippen LogP contribution in [0.15, 0.2) is 24.3 Å². The molecule has 0 aromatic heterocycles. The van der Waals surface area contributed by atoms with E-state index in [1.165, 1.54) is 64.2 Å². The lowest BCUT2D eigenvalue weighted by Gasteiger charge is -2.41. The molecule has 0 radical (unpaired) electrons. The standard InChI is InChI=1S/C30H44F2O/c1-3-5-21-6-8-22(9-7-21)23-10-12-24(13-11-23)25-14-16-26(17-15-25)27-18-19-28(33-20-4-2)30(32)29(27)31/h3,5,18-19,21-26H,4,6-17,20H2,1-2H3/b5-3+. The summed E-state index contributed by atoms with van der Waals surface area (Å²) in [5.41, 5.74) is 0.562. The second kappa shape index (κ2) is 11.8. The van der Waals surface area contributed by atoms with Gasteiger partial charge in [0, 0.05) is 0 Å². The van der Waals surface area contributed by atoms with Gasteiger partial charge in [-0.05, 0) is 138 Å². The van der Waals surface area contributed by atoms with E-state index < -0.39 is 11.6 Å². The Morgan fingerprint density at radius 1 is 0.758 bits per heavy atom. The van der Waals surface area contributed by atoms with Crippen LogP contribution in [0.3, 0.4) is 0 Å². The number of hydrogen-bond acceptors (Lipinski definition) is 1. The molecule has 0 amide bonds. The molecule has 1 aromatic rings. The first-order valence-electron chi connectivity index (χ1n) is 13.8. The van der Waals surface area contributed by atoms with Crippen molar-refractivity contribution in [1.82, 2.24) is 0 Å². The molecule has 0 spiro atoms. The SMILES string of the molecule is C/C=C/C1CCC(C2CCC(C3CCC(c4ccc(OCCC)c(F)c4F)CC3)CC2)CC1. The van der Waals surface area contributed by atoms with Gasteiger partial charge in [-0.1, -0.05) is 25.1 Å². The maximum Gasteiger partial charge on any atom is 0.200 e. The largest absolute Gasteiger partial charge is 0.490 e. The number of halogens is 2. The minimum Gasteiger partial charge on any atom is -0.490 e. The first-order chi connectivity index (χ1) is 16.1. The van der Waals surface area contributed by atoms with Crippen molar-refractivity contribution in [2.75, 3.05) is 6.61 Å². The van der Waals surface area contributed by atoms with Crippen molar-refractivity contribution in [3.05, 3.63) is 41.5 Å². The van der Waals surface area contributed by atoms with E-state index in [1.807, 2.05) is 6.92 Å².